The molecule has 0 aliphatic carbocycles. The van der Waals surface area contributed by atoms with Gasteiger partial charge in [-0.2, -0.15) is 0 Å². The van der Waals surface area contributed by atoms with Crippen LogP contribution in [0.3, 0.4) is 0 Å². The van der Waals surface area contributed by atoms with Gasteiger partial charge in [0.25, 0.3) is 0 Å². The number of hydrogen-bond donors (Lipinski definition) is 3. The molecule has 0 aliphatic heterocycles. The molecule has 0 aliphatic rings. The smallest absolute Gasteiger partial charge is 0.221 e. The fraction of sp³-hybridized carbons (Fsp3) is 0.273. The van der Waals surface area contributed by atoms with Crippen LogP contribution in [-0.4, -0.2) is 30.5 Å². The molecule has 6 nitrogen and oxygen atoms in total. The van der Waals surface area contributed by atoms with E-state index in [2.05, 4.69) is 5.32 Å². The summed E-state index contributed by atoms with van der Waals surface area (Å²) in [5, 5.41) is 12.3. The minimum atomic E-state index is -0.466. The Morgan fingerprint density at radius 1 is 1.47 bits per heavy atom. The summed E-state index contributed by atoms with van der Waals surface area (Å²) in [6.07, 6.45) is 0. The van der Waals surface area contributed by atoms with E-state index in [0.29, 0.717) is 0 Å². The van der Waals surface area contributed by atoms with Gasteiger partial charge in [0.1, 0.15) is 11.3 Å². The summed E-state index contributed by atoms with van der Waals surface area (Å²) in [4.78, 5) is 22.5. The van der Waals surface area contributed by atoms with Crippen molar-refractivity contribution in [3.8, 4) is 11.5 Å². The number of nitrogens with two attached hydrogens (primary N) is 1. The highest BCUT2D eigenvalue weighted by atomic mass is 16.5. The zero-order valence-electron chi connectivity index (χ0n) is 9.61. The van der Waals surface area contributed by atoms with Crippen LogP contribution in [0.15, 0.2) is 12.1 Å². The Labute approximate surface area is 98.4 Å². The van der Waals surface area contributed by atoms with Crippen molar-refractivity contribution in [3.63, 3.8) is 0 Å². The lowest BCUT2D eigenvalue weighted by atomic mass is 10.1. The van der Waals surface area contributed by atoms with E-state index < -0.39 is 5.78 Å². The number of hydrogen-bond acceptors (Lipinski definition) is 5. The fourth-order valence-corrected chi connectivity index (χ4v) is 1.40. The number of anilines is 1. The average Bonchev–Trinajstić information content (AvgIpc) is 2.30. The summed E-state index contributed by atoms with van der Waals surface area (Å²) in [5.41, 5.74) is 5.37. The van der Waals surface area contributed by atoms with Crippen molar-refractivity contribution >= 4 is 17.4 Å². The van der Waals surface area contributed by atoms with Crippen molar-refractivity contribution in [3.05, 3.63) is 17.7 Å². The molecule has 0 aromatic heterocycles. The second-order valence-electron chi connectivity index (χ2n) is 3.35. The van der Waals surface area contributed by atoms with E-state index in [9.17, 15) is 14.7 Å². The number of aromatic hydroxyl groups is 1. The summed E-state index contributed by atoms with van der Waals surface area (Å²) in [7, 11) is 1.38. The van der Waals surface area contributed by atoms with E-state index >= 15 is 0 Å². The quantitative estimate of drug-likeness (QED) is 0.523. The van der Waals surface area contributed by atoms with Crippen LogP contribution in [0.25, 0.3) is 0 Å². The molecule has 0 heterocycles. The molecule has 0 saturated heterocycles. The molecule has 17 heavy (non-hydrogen) atoms. The van der Waals surface area contributed by atoms with Gasteiger partial charge in [-0.3, -0.25) is 9.59 Å². The monoisotopic (exact) mass is 238 g/mol. The lowest BCUT2D eigenvalue weighted by Gasteiger charge is -2.12. The number of Topliss-reactive ketones (excluding diaryl/α,β-unsaturated/α-hetero) is 1. The van der Waals surface area contributed by atoms with Gasteiger partial charge in [-0.25, -0.2) is 0 Å². The SMILES string of the molecule is COc1ccc(NC(C)=O)c(O)c1C(=O)CN. The van der Waals surface area contributed by atoms with E-state index in [-0.39, 0.29) is 35.2 Å². The third-order valence-corrected chi connectivity index (χ3v) is 2.13. The Morgan fingerprint density at radius 2 is 2.12 bits per heavy atom. The van der Waals surface area contributed by atoms with Gasteiger partial charge in [-0.05, 0) is 12.1 Å². The number of methoxy groups -OCH3 is 1. The van der Waals surface area contributed by atoms with Crippen molar-refractivity contribution in [2.45, 2.75) is 6.92 Å². The minimum Gasteiger partial charge on any atom is -0.505 e. The Hall–Kier alpha value is -2.08. The average molecular weight is 238 g/mol. The second kappa shape index (κ2) is 5.31. The predicted octanol–water partition coefficient (Wildman–Crippen LogP) is 0.501. The highest BCUT2D eigenvalue weighted by molar-refractivity contribution is 6.05. The third kappa shape index (κ3) is 2.73. The molecule has 0 atom stereocenters. The molecular formula is C11H14N2O4. The molecule has 0 spiro atoms. The highest BCUT2D eigenvalue weighted by Gasteiger charge is 2.19. The van der Waals surface area contributed by atoms with E-state index in [0.717, 1.165) is 0 Å². The second-order valence-corrected chi connectivity index (χ2v) is 3.35. The normalized spacial score (nSPS) is 9.82. The lowest BCUT2D eigenvalue weighted by molar-refractivity contribution is -0.114. The number of carbonyl (C=O) groups is 2. The van der Waals surface area contributed by atoms with Crippen LogP contribution in [0.4, 0.5) is 5.69 Å². The van der Waals surface area contributed by atoms with Gasteiger partial charge < -0.3 is 20.9 Å². The largest absolute Gasteiger partial charge is 0.505 e. The van der Waals surface area contributed by atoms with Crippen LogP contribution in [0, 0.1) is 0 Å². The van der Waals surface area contributed by atoms with E-state index in [4.69, 9.17) is 10.5 Å². The number of amides is 1. The van der Waals surface area contributed by atoms with E-state index in [1.54, 1.807) is 0 Å². The maximum atomic E-state index is 11.6. The van der Waals surface area contributed by atoms with Crippen LogP contribution in [0.1, 0.15) is 17.3 Å². The van der Waals surface area contributed by atoms with Crippen LogP contribution < -0.4 is 15.8 Å². The molecule has 6 heteroatoms. The van der Waals surface area contributed by atoms with E-state index in [1.165, 1.54) is 26.2 Å². The summed E-state index contributed by atoms with van der Waals surface area (Å²) in [5.74, 6) is -0.940. The van der Waals surface area contributed by atoms with Crippen LogP contribution in [0.5, 0.6) is 11.5 Å². The Balaban J connectivity index is 3.31. The van der Waals surface area contributed by atoms with Crippen LogP contribution >= 0.6 is 0 Å². The Bertz CT molecular complexity index is 457. The molecule has 1 aromatic carbocycles. The summed E-state index contributed by atoms with van der Waals surface area (Å²) < 4.78 is 4.96. The molecule has 0 bridgehead atoms. The first-order valence-corrected chi connectivity index (χ1v) is 4.92. The molecule has 1 rings (SSSR count). The summed E-state index contributed by atoms with van der Waals surface area (Å²) in [6, 6.07) is 2.93. The zero-order valence-corrected chi connectivity index (χ0v) is 9.61. The standard InChI is InChI=1S/C11H14N2O4/c1-6(14)13-7-3-4-9(17-2)10(11(7)16)8(15)5-12/h3-4,16H,5,12H2,1-2H3,(H,13,14). The van der Waals surface area contributed by atoms with Gasteiger partial charge in [-0.15, -0.1) is 0 Å². The first-order chi connectivity index (χ1) is 8.01. The van der Waals surface area contributed by atoms with Gasteiger partial charge in [0.05, 0.1) is 19.3 Å². The molecule has 0 saturated carbocycles. The number of ether oxygens (including phenoxy) is 1. The Morgan fingerprint density at radius 3 is 2.59 bits per heavy atom. The number of ketones is 1. The van der Waals surface area contributed by atoms with Gasteiger partial charge in [0.2, 0.25) is 5.91 Å². The summed E-state index contributed by atoms with van der Waals surface area (Å²) >= 11 is 0. The van der Waals surface area contributed by atoms with Gasteiger partial charge in [0.15, 0.2) is 11.5 Å². The predicted molar refractivity (Wildman–Crippen MR) is 62.3 cm³/mol. The molecule has 0 unspecified atom stereocenters. The molecule has 1 amide bonds. The van der Waals surface area contributed by atoms with Gasteiger partial charge in [0, 0.05) is 6.92 Å². The van der Waals surface area contributed by atoms with Crippen molar-refractivity contribution in [2.24, 2.45) is 5.73 Å². The summed E-state index contributed by atoms with van der Waals surface area (Å²) in [6.45, 7) is 1.04. The first-order valence-electron chi connectivity index (χ1n) is 4.92. The van der Waals surface area contributed by atoms with Crippen molar-refractivity contribution in [2.75, 3.05) is 19.0 Å². The maximum absolute atomic E-state index is 11.6. The van der Waals surface area contributed by atoms with Crippen molar-refractivity contribution in [1.29, 1.82) is 0 Å². The van der Waals surface area contributed by atoms with Gasteiger partial charge in [-0.1, -0.05) is 0 Å². The van der Waals surface area contributed by atoms with E-state index in [1.807, 2.05) is 0 Å². The third-order valence-electron chi connectivity index (χ3n) is 2.13. The number of phenolic OH excluding ortho intramolecular Hbond substituents is 1. The molecular weight excluding hydrogens is 224 g/mol. The molecule has 92 valence electrons. The number of benzene rings is 1. The minimum absolute atomic E-state index is 0.0266. The van der Waals surface area contributed by atoms with Crippen LogP contribution in [0.2, 0.25) is 0 Å². The Kier molecular flexibility index (Phi) is 4.06. The fourth-order valence-electron chi connectivity index (χ4n) is 1.40. The van der Waals surface area contributed by atoms with Crippen molar-refractivity contribution < 1.29 is 19.4 Å². The topological polar surface area (TPSA) is 102 Å². The molecule has 4 N–H and O–H groups in total. The first kappa shape index (κ1) is 13.0. The molecule has 1 aromatic rings. The van der Waals surface area contributed by atoms with Gasteiger partial charge >= 0.3 is 0 Å². The highest BCUT2D eigenvalue weighted by Crippen LogP contribution is 2.34. The molecule has 0 radical (unpaired) electrons. The maximum Gasteiger partial charge on any atom is 0.221 e. The van der Waals surface area contributed by atoms with Crippen LogP contribution in [-0.2, 0) is 4.79 Å². The number of phenols is 1. The number of nitrogens with one attached hydrogen (secondary N) is 1. The van der Waals surface area contributed by atoms with Crippen molar-refractivity contribution in [1.82, 2.24) is 0 Å². The molecule has 0 fully saturated rings. The zero-order chi connectivity index (χ0) is 13.0. The lowest BCUT2D eigenvalue weighted by Crippen LogP contribution is -2.16. The number of carbonyl (C=O) groups excluding carboxylic acids is 2. The number of rotatable bonds is 4.